The molecule has 150 valence electrons. The molecule has 0 bridgehead atoms. The number of carbonyl (C=O) groups excluding carboxylic acids is 1. The Labute approximate surface area is 163 Å². The van der Waals surface area contributed by atoms with E-state index in [1.54, 1.807) is 0 Å². The van der Waals surface area contributed by atoms with E-state index < -0.39 is 23.4 Å². The number of amides is 1. The minimum absolute atomic E-state index is 0.0295. The van der Waals surface area contributed by atoms with E-state index in [4.69, 9.17) is 27.3 Å². The van der Waals surface area contributed by atoms with Gasteiger partial charge in [-0.2, -0.15) is 0 Å². The van der Waals surface area contributed by atoms with Crippen molar-refractivity contribution in [1.29, 1.82) is 0 Å². The van der Waals surface area contributed by atoms with Gasteiger partial charge in [-0.3, -0.25) is 4.79 Å². The smallest absolute Gasteiger partial charge is 0.220 e. The predicted octanol–water partition coefficient (Wildman–Crippen LogP) is 3.15. The number of carbonyl (C=O) groups is 1. The normalized spacial score (nSPS) is 16.2. The minimum atomic E-state index is -0.668. The standard InChI is InChI=1S/C11H11F2NO2.C7H6ClFN2O/c1-16-7-3-8(12)11(9(13)4-7)6-2-10(15)14-5-6;8-4-1-2-5(6(9)3-4)7(10)11-12/h3-4,6H,2,5H2,1H3,(H,14,15);1-3,12H,(H2,10,11). The molecule has 0 aliphatic carbocycles. The second-order valence-corrected chi connectivity index (χ2v) is 6.26. The molecule has 0 radical (unpaired) electrons. The third-order valence-electron chi connectivity index (χ3n) is 3.99. The largest absolute Gasteiger partial charge is 0.497 e. The monoisotopic (exact) mass is 415 g/mol. The van der Waals surface area contributed by atoms with E-state index in [0.717, 1.165) is 18.2 Å². The Morgan fingerprint density at radius 2 is 1.89 bits per heavy atom. The molecular weight excluding hydrogens is 399 g/mol. The first-order valence-electron chi connectivity index (χ1n) is 7.99. The van der Waals surface area contributed by atoms with Gasteiger partial charge in [0, 0.05) is 41.6 Å². The molecule has 0 spiro atoms. The fraction of sp³-hybridized carbons (Fsp3) is 0.222. The van der Waals surface area contributed by atoms with Crippen LogP contribution in [0.5, 0.6) is 5.75 Å². The lowest BCUT2D eigenvalue weighted by Gasteiger charge is -2.11. The number of oxime groups is 1. The maximum atomic E-state index is 13.6. The predicted molar refractivity (Wildman–Crippen MR) is 97.2 cm³/mol. The van der Waals surface area contributed by atoms with E-state index >= 15 is 0 Å². The van der Waals surface area contributed by atoms with Gasteiger partial charge in [0.25, 0.3) is 0 Å². The van der Waals surface area contributed by atoms with Crippen molar-refractivity contribution in [2.45, 2.75) is 12.3 Å². The summed E-state index contributed by atoms with van der Waals surface area (Å²) < 4.78 is 44.9. The van der Waals surface area contributed by atoms with E-state index in [1.165, 1.54) is 19.2 Å². The second kappa shape index (κ2) is 9.32. The number of hydrogen-bond acceptors (Lipinski definition) is 4. The summed E-state index contributed by atoms with van der Waals surface area (Å²) in [6, 6.07) is 6.14. The molecular formula is C18H17ClF3N3O3. The summed E-state index contributed by atoms with van der Waals surface area (Å²) in [6.07, 6.45) is 0.125. The lowest BCUT2D eigenvalue weighted by molar-refractivity contribution is -0.119. The van der Waals surface area contributed by atoms with Crippen molar-refractivity contribution >= 4 is 23.3 Å². The molecule has 2 aromatic rings. The fourth-order valence-corrected chi connectivity index (χ4v) is 2.79. The van der Waals surface area contributed by atoms with Crippen LogP contribution in [0.1, 0.15) is 23.5 Å². The average molecular weight is 416 g/mol. The van der Waals surface area contributed by atoms with E-state index in [0.29, 0.717) is 0 Å². The quantitative estimate of drug-likeness (QED) is 0.310. The van der Waals surface area contributed by atoms with Crippen LogP contribution in [0.15, 0.2) is 35.5 Å². The summed E-state index contributed by atoms with van der Waals surface area (Å²) in [7, 11) is 1.34. The Bertz CT molecular complexity index is 886. The van der Waals surface area contributed by atoms with E-state index in [-0.39, 0.29) is 46.6 Å². The van der Waals surface area contributed by atoms with Gasteiger partial charge < -0.3 is 21.0 Å². The maximum Gasteiger partial charge on any atom is 0.220 e. The van der Waals surface area contributed by atoms with Gasteiger partial charge in [0.05, 0.1) is 12.7 Å². The molecule has 1 aliphatic heterocycles. The van der Waals surface area contributed by atoms with Crippen molar-refractivity contribution in [3.8, 4) is 5.75 Å². The first-order chi connectivity index (χ1) is 13.3. The highest BCUT2D eigenvalue weighted by Crippen LogP contribution is 2.30. The van der Waals surface area contributed by atoms with Gasteiger partial charge in [0.2, 0.25) is 5.91 Å². The first kappa shape index (κ1) is 21.4. The van der Waals surface area contributed by atoms with Crippen LogP contribution < -0.4 is 15.8 Å². The summed E-state index contributed by atoms with van der Waals surface area (Å²) in [5.74, 6) is -2.70. The number of nitrogens with two attached hydrogens (primary N) is 1. The highest BCUT2D eigenvalue weighted by Gasteiger charge is 2.28. The van der Waals surface area contributed by atoms with Crippen LogP contribution in [0.25, 0.3) is 0 Å². The SMILES string of the molecule is COc1cc(F)c(C2CNC(=O)C2)c(F)c1.N/C(=N/O)c1ccc(Cl)cc1F. The Balaban J connectivity index is 0.000000209. The molecule has 6 nitrogen and oxygen atoms in total. The number of nitrogens with one attached hydrogen (secondary N) is 1. The molecule has 1 fully saturated rings. The van der Waals surface area contributed by atoms with Gasteiger partial charge in [-0.25, -0.2) is 13.2 Å². The molecule has 1 amide bonds. The summed E-state index contributed by atoms with van der Waals surface area (Å²) in [4.78, 5) is 11.0. The number of halogens is 4. The third kappa shape index (κ3) is 5.07. The van der Waals surface area contributed by atoms with E-state index in [2.05, 4.69) is 10.5 Å². The molecule has 3 rings (SSSR count). The lowest BCUT2D eigenvalue weighted by Crippen LogP contribution is -2.14. The molecule has 1 heterocycles. The number of ether oxygens (including phenoxy) is 1. The van der Waals surface area contributed by atoms with Gasteiger partial charge in [0.15, 0.2) is 5.84 Å². The second-order valence-electron chi connectivity index (χ2n) is 5.82. The van der Waals surface area contributed by atoms with Gasteiger partial charge in [-0.05, 0) is 18.2 Å². The van der Waals surface area contributed by atoms with Crippen LogP contribution in [-0.4, -0.2) is 30.6 Å². The number of hydrogen-bond donors (Lipinski definition) is 3. The van der Waals surface area contributed by atoms with Crippen LogP contribution in [-0.2, 0) is 4.79 Å². The molecule has 28 heavy (non-hydrogen) atoms. The molecule has 10 heteroatoms. The number of benzene rings is 2. The summed E-state index contributed by atoms with van der Waals surface area (Å²) >= 11 is 5.48. The lowest BCUT2D eigenvalue weighted by atomic mass is 9.97. The number of methoxy groups -OCH3 is 1. The molecule has 1 atom stereocenters. The molecule has 0 aromatic heterocycles. The van der Waals surface area contributed by atoms with Crippen LogP contribution in [0, 0.1) is 17.5 Å². The average Bonchev–Trinajstić information content (AvgIpc) is 3.06. The first-order valence-corrected chi connectivity index (χ1v) is 8.37. The highest BCUT2D eigenvalue weighted by molar-refractivity contribution is 6.30. The van der Waals surface area contributed by atoms with Crippen LogP contribution in [0.2, 0.25) is 5.02 Å². The summed E-state index contributed by atoms with van der Waals surface area (Å²) in [6.45, 7) is 0.277. The number of nitrogens with zero attached hydrogens (tertiary/aromatic N) is 1. The van der Waals surface area contributed by atoms with Crippen LogP contribution >= 0.6 is 11.6 Å². The maximum absolute atomic E-state index is 13.6. The van der Waals surface area contributed by atoms with Crippen molar-refractivity contribution in [2.75, 3.05) is 13.7 Å². The molecule has 2 aromatic carbocycles. The van der Waals surface area contributed by atoms with Gasteiger partial charge in [0.1, 0.15) is 23.2 Å². The van der Waals surface area contributed by atoms with Crippen LogP contribution in [0.3, 0.4) is 0 Å². The van der Waals surface area contributed by atoms with Crippen molar-refractivity contribution < 1.29 is 27.9 Å². The van der Waals surface area contributed by atoms with Gasteiger partial charge >= 0.3 is 0 Å². The number of amidine groups is 1. The topological polar surface area (TPSA) is 96.9 Å². The molecule has 0 saturated carbocycles. The highest BCUT2D eigenvalue weighted by atomic mass is 35.5. The molecule has 1 saturated heterocycles. The Hall–Kier alpha value is -2.94. The Kier molecular flexibility index (Phi) is 7.11. The molecule has 1 aliphatic rings. The zero-order valence-electron chi connectivity index (χ0n) is 14.7. The zero-order valence-corrected chi connectivity index (χ0v) is 15.4. The fourth-order valence-electron chi connectivity index (χ4n) is 2.63. The van der Waals surface area contributed by atoms with Gasteiger partial charge in [-0.15, -0.1) is 0 Å². The molecule has 1 unspecified atom stereocenters. The minimum Gasteiger partial charge on any atom is -0.497 e. The van der Waals surface area contributed by atoms with Crippen LogP contribution in [0.4, 0.5) is 13.2 Å². The van der Waals surface area contributed by atoms with E-state index in [9.17, 15) is 18.0 Å². The zero-order chi connectivity index (χ0) is 20.8. The number of rotatable bonds is 3. The van der Waals surface area contributed by atoms with Crippen molar-refractivity contribution in [1.82, 2.24) is 5.32 Å². The van der Waals surface area contributed by atoms with Crippen molar-refractivity contribution in [3.05, 3.63) is 63.9 Å². The molecule has 4 N–H and O–H groups in total. The van der Waals surface area contributed by atoms with E-state index in [1.807, 2.05) is 0 Å². The summed E-state index contributed by atoms with van der Waals surface area (Å²) in [5, 5.41) is 13.7. The third-order valence-corrected chi connectivity index (χ3v) is 4.22. The van der Waals surface area contributed by atoms with Crippen molar-refractivity contribution in [3.63, 3.8) is 0 Å². The Morgan fingerprint density at radius 1 is 1.25 bits per heavy atom. The van der Waals surface area contributed by atoms with Crippen molar-refractivity contribution in [2.24, 2.45) is 10.9 Å². The van der Waals surface area contributed by atoms with Gasteiger partial charge in [-0.1, -0.05) is 16.8 Å². The Morgan fingerprint density at radius 3 is 2.36 bits per heavy atom. The summed E-state index contributed by atoms with van der Waals surface area (Å²) in [5.41, 5.74) is 5.15.